The first kappa shape index (κ1) is 16.5. The van der Waals surface area contributed by atoms with Crippen LogP contribution in [0.2, 0.25) is 0 Å². The fourth-order valence-corrected chi connectivity index (χ4v) is 2.81. The van der Waals surface area contributed by atoms with Crippen LogP contribution in [0.5, 0.6) is 0 Å². The Balaban J connectivity index is 1.59. The van der Waals surface area contributed by atoms with Crippen molar-refractivity contribution >= 4 is 11.7 Å². The van der Waals surface area contributed by atoms with E-state index in [1.165, 1.54) is 5.56 Å². The van der Waals surface area contributed by atoms with Gasteiger partial charge in [0.2, 0.25) is 0 Å². The number of amides is 1. The molecule has 1 saturated heterocycles. The first-order valence-electron chi connectivity index (χ1n) is 8.40. The number of carbonyl (C=O) groups is 1. The Labute approximate surface area is 142 Å². The minimum absolute atomic E-state index is 0.0942. The maximum atomic E-state index is 12.3. The van der Waals surface area contributed by atoms with Crippen LogP contribution < -0.4 is 10.6 Å². The molecule has 126 valence electrons. The summed E-state index contributed by atoms with van der Waals surface area (Å²) >= 11 is 0. The Kier molecular flexibility index (Phi) is 5.43. The number of aromatic nitrogens is 1. The van der Waals surface area contributed by atoms with E-state index in [1.807, 2.05) is 18.2 Å². The highest BCUT2D eigenvalue weighted by molar-refractivity contribution is 5.94. The van der Waals surface area contributed by atoms with Crippen molar-refractivity contribution in [3.63, 3.8) is 0 Å². The van der Waals surface area contributed by atoms with Gasteiger partial charge in [-0.1, -0.05) is 30.3 Å². The summed E-state index contributed by atoms with van der Waals surface area (Å²) < 4.78 is 5.53. The van der Waals surface area contributed by atoms with Gasteiger partial charge in [0.25, 0.3) is 5.91 Å². The molecule has 0 saturated carbocycles. The highest BCUT2D eigenvalue weighted by atomic mass is 16.5. The SMILES string of the molecule is CC(Nc1cc(C(=O)NCC2CCCO2)ccn1)c1ccccc1. The van der Waals surface area contributed by atoms with Gasteiger partial charge in [0.1, 0.15) is 5.82 Å². The lowest BCUT2D eigenvalue weighted by molar-refractivity contribution is 0.0857. The number of hydrogen-bond acceptors (Lipinski definition) is 4. The van der Waals surface area contributed by atoms with E-state index >= 15 is 0 Å². The summed E-state index contributed by atoms with van der Waals surface area (Å²) in [6.45, 7) is 3.42. The summed E-state index contributed by atoms with van der Waals surface area (Å²) in [6, 6.07) is 13.8. The number of benzene rings is 1. The predicted octanol–water partition coefficient (Wildman–Crippen LogP) is 3.16. The summed E-state index contributed by atoms with van der Waals surface area (Å²) in [4.78, 5) is 16.6. The second-order valence-electron chi connectivity index (χ2n) is 6.05. The maximum Gasteiger partial charge on any atom is 0.251 e. The summed E-state index contributed by atoms with van der Waals surface area (Å²) in [6.07, 6.45) is 3.88. The second-order valence-corrected chi connectivity index (χ2v) is 6.05. The van der Waals surface area contributed by atoms with Crippen molar-refractivity contribution in [3.05, 3.63) is 59.8 Å². The van der Waals surface area contributed by atoms with Gasteiger partial charge >= 0.3 is 0 Å². The number of anilines is 1. The number of pyridine rings is 1. The van der Waals surface area contributed by atoms with E-state index in [2.05, 4.69) is 34.7 Å². The quantitative estimate of drug-likeness (QED) is 0.856. The summed E-state index contributed by atoms with van der Waals surface area (Å²) in [7, 11) is 0. The first-order valence-corrected chi connectivity index (χ1v) is 8.40. The molecule has 2 atom stereocenters. The van der Waals surface area contributed by atoms with Crippen LogP contribution in [-0.4, -0.2) is 30.1 Å². The number of ether oxygens (including phenoxy) is 1. The van der Waals surface area contributed by atoms with E-state index in [0.717, 1.165) is 19.4 Å². The molecule has 1 amide bonds. The van der Waals surface area contributed by atoms with E-state index in [0.29, 0.717) is 17.9 Å². The zero-order chi connectivity index (χ0) is 16.8. The molecule has 2 heterocycles. The van der Waals surface area contributed by atoms with Crippen molar-refractivity contribution in [2.75, 3.05) is 18.5 Å². The van der Waals surface area contributed by atoms with Gasteiger partial charge in [0.05, 0.1) is 6.10 Å². The molecular formula is C19H23N3O2. The fraction of sp³-hybridized carbons (Fsp3) is 0.368. The van der Waals surface area contributed by atoms with Crippen LogP contribution in [-0.2, 0) is 4.74 Å². The standard InChI is InChI=1S/C19H23N3O2/c1-14(15-6-3-2-4-7-15)22-18-12-16(9-10-20-18)19(23)21-13-17-8-5-11-24-17/h2-4,6-7,9-10,12,14,17H,5,8,11,13H2,1H3,(H,20,22)(H,21,23). The van der Waals surface area contributed by atoms with Crippen molar-refractivity contribution < 1.29 is 9.53 Å². The molecule has 1 aromatic carbocycles. The topological polar surface area (TPSA) is 63.2 Å². The van der Waals surface area contributed by atoms with Gasteiger partial charge in [-0.2, -0.15) is 0 Å². The van der Waals surface area contributed by atoms with Crippen molar-refractivity contribution in [3.8, 4) is 0 Å². The molecule has 1 aromatic heterocycles. The van der Waals surface area contributed by atoms with Crippen LogP contribution in [0.15, 0.2) is 48.7 Å². The highest BCUT2D eigenvalue weighted by Gasteiger charge is 2.17. The molecule has 1 aliphatic rings. The summed E-state index contributed by atoms with van der Waals surface area (Å²) in [5.41, 5.74) is 1.78. The monoisotopic (exact) mass is 325 g/mol. The highest BCUT2D eigenvalue weighted by Crippen LogP contribution is 2.18. The largest absolute Gasteiger partial charge is 0.376 e. The van der Waals surface area contributed by atoms with Gasteiger partial charge in [-0.05, 0) is 37.5 Å². The van der Waals surface area contributed by atoms with Crippen molar-refractivity contribution in [2.24, 2.45) is 0 Å². The van der Waals surface area contributed by atoms with Crippen LogP contribution in [0.4, 0.5) is 5.82 Å². The Hall–Kier alpha value is -2.40. The summed E-state index contributed by atoms with van der Waals surface area (Å²) in [5, 5.41) is 6.27. The van der Waals surface area contributed by atoms with Gasteiger partial charge in [0.15, 0.2) is 0 Å². The molecule has 2 unspecified atom stereocenters. The average molecular weight is 325 g/mol. The zero-order valence-corrected chi connectivity index (χ0v) is 13.9. The molecule has 24 heavy (non-hydrogen) atoms. The van der Waals surface area contributed by atoms with Crippen LogP contribution >= 0.6 is 0 Å². The van der Waals surface area contributed by atoms with Gasteiger partial charge < -0.3 is 15.4 Å². The minimum atomic E-state index is -0.0942. The van der Waals surface area contributed by atoms with Gasteiger partial charge in [-0.25, -0.2) is 4.98 Å². The van der Waals surface area contributed by atoms with Gasteiger partial charge in [0, 0.05) is 31.0 Å². The maximum absolute atomic E-state index is 12.3. The fourth-order valence-electron chi connectivity index (χ4n) is 2.81. The molecule has 5 heteroatoms. The molecule has 2 aromatic rings. The molecule has 2 N–H and O–H groups in total. The molecule has 0 radical (unpaired) electrons. The average Bonchev–Trinajstić information content (AvgIpc) is 3.14. The van der Waals surface area contributed by atoms with Gasteiger partial charge in [-0.15, -0.1) is 0 Å². The third-order valence-electron chi connectivity index (χ3n) is 4.20. The Morgan fingerprint density at radius 2 is 2.17 bits per heavy atom. The number of nitrogens with zero attached hydrogens (tertiary/aromatic N) is 1. The van der Waals surface area contributed by atoms with Gasteiger partial charge in [-0.3, -0.25) is 4.79 Å². The van der Waals surface area contributed by atoms with Crippen molar-refractivity contribution in [1.82, 2.24) is 10.3 Å². The predicted molar refractivity (Wildman–Crippen MR) is 94.0 cm³/mol. The van der Waals surface area contributed by atoms with E-state index in [1.54, 1.807) is 18.3 Å². The van der Waals surface area contributed by atoms with E-state index in [9.17, 15) is 4.79 Å². The normalized spacial score (nSPS) is 18.1. The lowest BCUT2D eigenvalue weighted by Crippen LogP contribution is -2.31. The molecule has 0 bridgehead atoms. The molecule has 0 spiro atoms. The van der Waals surface area contributed by atoms with Crippen LogP contribution in [0.3, 0.4) is 0 Å². The van der Waals surface area contributed by atoms with E-state index in [4.69, 9.17) is 4.74 Å². The third-order valence-corrected chi connectivity index (χ3v) is 4.20. The minimum Gasteiger partial charge on any atom is -0.376 e. The van der Waals surface area contributed by atoms with Crippen LogP contribution in [0, 0.1) is 0 Å². The van der Waals surface area contributed by atoms with Crippen molar-refractivity contribution in [2.45, 2.75) is 31.9 Å². The number of hydrogen-bond donors (Lipinski definition) is 2. The Morgan fingerprint density at radius 1 is 1.33 bits per heavy atom. The number of carbonyl (C=O) groups excluding carboxylic acids is 1. The molecule has 1 aliphatic heterocycles. The lowest BCUT2D eigenvalue weighted by Gasteiger charge is -2.15. The molecule has 1 fully saturated rings. The van der Waals surface area contributed by atoms with E-state index in [-0.39, 0.29) is 18.1 Å². The van der Waals surface area contributed by atoms with Crippen LogP contribution in [0.1, 0.15) is 41.7 Å². The Bertz CT molecular complexity index is 669. The second kappa shape index (κ2) is 7.93. The number of nitrogens with one attached hydrogen (secondary N) is 2. The Morgan fingerprint density at radius 3 is 2.92 bits per heavy atom. The molecular weight excluding hydrogens is 302 g/mol. The lowest BCUT2D eigenvalue weighted by atomic mass is 10.1. The first-order chi connectivity index (χ1) is 11.7. The third kappa shape index (κ3) is 4.32. The molecule has 3 rings (SSSR count). The van der Waals surface area contributed by atoms with Crippen molar-refractivity contribution in [1.29, 1.82) is 0 Å². The van der Waals surface area contributed by atoms with Crippen LogP contribution in [0.25, 0.3) is 0 Å². The number of rotatable bonds is 6. The summed E-state index contributed by atoms with van der Waals surface area (Å²) in [5.74, 6) is 0.597. The molecule has 0 aliphatic carbocycles. The molecule has 5 nitrogen and oxygen atoms in total. The smallest absolute Gasteiger partial charge is 0.251 e. The zero-order valence-electron chi connectivity index (χ0n) is 13.9. The van der Waals surface area contributed by atoms with E-state index < -0.39 is 0 Å².